The molecule has 2 N–H and O–H groups in total. The van der Waals surface area contributed by atoms with Gasteiger partial charge in [0.25, 0.3) is 0 Å². The summed E-state index contributed by atoms with van der Waals surface area (Å²) < 4.78 is 0. The molecule has 12 heavy (non-hydrogen) atoms. The predicted molar refractivity (Wildman–Crippen MR) is 52.8 cm³/mol. The topological polar surface area (TPSA) is 49.3 Å². The van der Waals surface area contributed by atoms with Crippen molar-refractivity contribution in [3.63, 3.8) is 0 Å². The average molecular weight is 191 g/mol. The molecule has 0 saturated carbocycles. The number of hydrogen-bond acceptors (Lipinski definition) is 3. The Labute approximate surface area is 79.0 Å². The summed E-state index contributed by atoms with van der Waals surface area (Å²) >= 11 is 4.00. The van der Waals surface area contributed by atoms with Crippen LogP contribution in [0, 0.1) is 0 Å². The van der Waals surface area contributed by atoms with Crippen LogP contribution in [0.5, 0.6) is 0 Å². The first-order chi connectivity index (χ1) is 5.61. The Morgan fingerprint density at radius 3 is 2.58 bits per heavy atom. The third-order valence-electron chi connectivity index (χ3n) is 1.81. The number of rotatable bonds is 6. The molecule has 0 aromatic carbocycles. The van der Waals surface area contributed by atoms with Crippen molar-refractivity contribution in [1.29, 1.82) is 0 Å². The second-order valence-electron chi connectivity index (χ2n) is 2.88. The van der Waals surface area contributed by atoms with Crippen molar-refractivity contribution in [2.75, 3.05) is 5.75 Å². The van der Waals surface area contributed by atoms with Gasteiger partial charge in [-0.2, -0.15) is 12.6 Å². The minimum Gasteiger partial charge on any atom is -0.480 e. The third kappa shape index (κ3) is 4.62. The lowest BCUT2D eigenvalue weighted by Crippen LogP contribution is -2.42. The van der Waals surface area contributed by atoms with Gasteiger partial charge in [-0.1, -0.05) is 6.92 Å². The van der Waals surface area contributed by atoms with E-state index < -0.39 is 12.0 Å². The molecule has 0 bridgehead atoms. The molecule has 0 heterocycles. The number of hydrogen-bond donors (Lipinski definition) is 3. The molecule has 4 heteroatoms. The van der Waals surface area contributed by atoms with Crippen LogP contribution >= 0.6 is 12.6 Å². The summed E-state index contributed by atoms with van der Waals surface area (Å²) in [4.78, 5) is 10.6. The zero-order chi connectivity index (χ0) is 9.56. The van der Waals surface area contributed by atoms with Gasteiger partial charge < -0.3 is 10.4 Å². The van der Waals surface area contributed by atoms with Crippen molar-refractivity contribution in [2.45, 2.75) is 38.8 Å². The lowest BCUT2D eigenvalue weighted by molar-refractivity contribution is -0.139. The normalized spacial score (nSPS) is 15.6. The van der Waals surface area contributed by atoms with E-state index in [9.17, 15) is 4.79 Å². The maximum absolute atomic E-state index is 10.6. The van der Waals surface area contributed by atoms with Crippen LogP contribution in [0.1, 0.15) is 26.7 Å². The highest BCUT2D eigenvalue weighted by Crippen LogP contribution is 1.98. The van der Waals surface area contributed by atoms with Gasteiger partial charge in [-0.05, 0) is 25.5 Å². The number of nitrogens with one attached hydrogen (secondary N) is 1. The Morgan fingerprint density at radius 2 is 2.25 bits per heavy atom. The van der Waals surface area contributed by atoms with Crippen LogP contribution in [0.4, 0.5) is 0 Å². The smallest absolute Gasteiger partial charge is 0.320 e. The quantitative estimate of drug-likeness (QED) is 0.552. The standard InChI is InChI=1S/C8H17NO2S/c1-3-6(2)9-7(4-5-12)8(10)11/h6-7,9,12H,3-5H2,1-2H3,(H,10,11)/t6-,7-/m0/s1. The molecule has 0 aromatic rings. The molecular formula is C8H17NO2S. The van der Waals surface area contributed by atoms with Gasteiger partial charge in [0.2, 0.25) is 0 Å². The van der Waals surface area contributed by atoms with E-state index >= 15 is 0 Å². The molecule has 0 spiro atoms. The summed E-state index contributed by atoms with van der Waals surface area (Å²) in [7, 11) is 0. The highest BCUT2D eigenvalue weighted by Gasteiger charge is 2.17. The summed E-state index contributed by atoms with van der Waals surface area (Å²) in [6, 6.07) is -0.191. The van der Waals surface area contributed by atoms with E-state index in [1.807, 2.05) is 13.8 Å². The van der Waals surface area contributed by atoms with Crippen LogP contribution in [-0.4, -0.2) is 28.9 Å². The van der Waals surface area contributed by atoms with Crippen molar-refractivity contribution in [3.8, 4) is 0 Å². The second kappa shape index (κ2) is 6.31. The molecule has 0 saturated heterocycles. The van der Waals surface area contributed by atoms with Gasteiger partial charge in [0.05, 0.1) is 0 Å². The number of carboxylic acids is 1. The number of thiol groups is 1. The summed E-state index contributed by atoms with van der Waals surface area (Å²) in [5.74, 6) is -0.190. The van der Waals surface area contributed by atoms with E-state index in [2.05, 4.69) is 17.9 Å². The molecular weight excluding hydrogens is 174 g/mol. The van der Waals surface area contributed by atoms with Crippen molar-refractivity contribution in [2.24, 2.45) is 0 Å². The SMILES string of the molecule is CC[C@H](C)N[C@@H](CCS)C(=O)O. The minimum atomic E-state index is -0.788. The highest BCUT2D eigenvalue weighted by atomic mass is 32.1. The van der Waals surface area contributed by atoms with Crippen LogP contribution in [0.3, 0.4) is 0 Å². The maximum atomic E-state index is 10.6. The average Bonchev–Trinajstić information content (AvgIpc) is 2.03. The molecule has 0 fully saturated rings. The Bertz CT molecular complexity index is 141. The number of carbonyl (C=O) groups is 1. The molecule has 0 aliphatic rings. The van der Waals surface area contributed by atoms with Gasteiger partial charge >= 0.3 is 5.97 Å². The van der Waals surface area contributed by atoms with E-state index in [0.717, 1.165) is 6.42 Å². The second-order valence-corrected chi connectivity index (χ2v) is 3.33. The van der Waals surface area contributed by atoms with E-state index in [-0.39, 0.29) is 6.04 Å². The minimum absolute atomic E-state index is 0.256. The first-order valence-electron chi connectivity index (χ1n) is 4.21. The highest BCUT2D eigenvalue weighted by molar-refractivity contribution is 7.80. The fourth-order valence-electron chi connectivity index (χ4n) is 0.868. The van der Waals surface area contributed by atoms with Gasteiger partial charge in [0.1, 0.15) is 6.04 Å². The molecule has 0 aliphatic carbocycles. The fourth-order valence-corrected chi connectivity index (χ4v) is 1.13. The zero-order valence-corrected chi connectivity index (χ0v) is 8.47. The van der Waals surface area contributed by atoms with Crippen LogP contribution in [0.25, 0.3) is 0 Å². The van der Waals surface area contributed by atoms with Crippen LogP contribution in [0.15, 0.2) is 0 Å². The zero-order valence-electron chi connectivity index (χ0n) is 7.58. The van der Waals surface area contributed by atoms with Crippen molar-refractivity contribution in [3.05, 3.63) is 0 Å². The van der Waals surface area contributed by atoms with Gasteiger partial charge in [-0.15, -0.1) is 0 Å². The molecule has 2 atom stereocenters. The van der Waals surface area contributed by atoms with Crippen LogP contribution in [0.2, 0.25) is 0 Å². The molecule has 0 aromatic heterocycles. The molecule has 0 rings (SSSR count). The molecule has 3 nitrogen and oxygen atoms in total. The fraction of sp³-hybridized carbons (Fsp3) is 0.875. The maximum Gasteiger partial charge on any atom is 0.320 e. The van der Waals surface area contributed by atoms with Gasteiger partial charge in [-0.25, -0.2) is 0 Å². The molecule has 0 amide bonds. The Morgan fingerprint density at radius 1 is 1.67 bits per heavy atom. The summed E-state index contributed by atoms with van der Waals surface area (Å²) in [5.41, 5.74) is 0. The van der Waals surface area contributed by atoms with Crippen molar-refractivity contribution in [1.82, 2.24) is 5.32 Å². The van der Waals surface area contributed by atoms with E-state index in [4.69, 9.17) is 5.11 Å². The van der Waals surface area contributed by atoms with Gasteiger partial charge in [0.15, 0.2) is 0 Å². The lowest BCUT2D eigenvalue weighted by atomic mass is 10.2. The number of aliphatic carboxylic acids is 1. The van der Waals surface area contributed by atoms with Crippen molar-refractivity contribution < 1.29 is 9.90 Å². The van der Waals surface area contributed by atoms with E-state index in [1.165, 1.54) is 0 Å². The van der Waals surface area contributed by atoms with Crippen LogP contribution in [-0.2, 0) is 4.79 Å². The lowest BCUT2D eigenvalue weighted by Gasteiger charge is -2.17. The Balaban J connectivity index is 3.86. The largest absolute Gasteiger partial charge is 0.480 e. The van der Waals surface area contributed by atoms with Gasteiger partial charge in [0, 0.05) is 6.04 Å². The Hall–Kier alpha value is -0.220. The summed E-state index contributed by atoms with van der Waals surface area (Å²) in [6.45, 7) is 4.01. The third-order valence-corrected chi connectivity index (χ3v) is 2.07. The first kappa shape index (κ1) is 11.8. The van der Waals surface area contributed by atoms with Gasteiger partial charge in [-0.3, -0.25) is 4.79 Å². The first-order valence-corrected chi connectivity index (χ1v) is 4.84. The predicted octanol–water partition coefficient (Wildman–Crippen LogP) is 1.15. The van der Waals surface area contributed by atoms with Crippen molar-refractivity contribution >= 4 is 18.6 Å². The molecule has 72 valence electrons. The molecule has 0 unspecified atom stereocenters. The summed E-state index contributed by atoms with van der Waals surface area (Å²) in [5, 5.41) is 11.8. The molecule has 0 radical (unpaired) electrons. The summed E-state index contributed by atoms with van der Waals surface area (Å²) in [6.07, 6.45) is 1.51. The van der Waals surface area contributed by atoms with E-state index in [0.29, 0.717) is 12.2 Å². The monoisotopic (exact) mass is 191 g/mol. The Kier molecular flexibility index (Phi) is 6.20. The molecule has 0 aliphatic heterocycles. The number of carboxylic acid groups (broad SMARTS) is 1. The van der Waals surface area contributed by atoms with E-state index in [1.54, 1.807) is 0 Å². The van der Waals surface area contributed by atoms with Crippen LogP contribution < -0.4 is 5.32 Å².